The van der Waals surface area contributed by atoms with Gasteiger partial charge in [0.05, 0.1) is 7.11 Å². The molecule has 1 aromatic carbocycles. The zero-order valence-corrected chi connectivity index (χ0v) is 13.3. The van der Waals surface area contributed by atoms with Gasteiger partial charge in [0.15, 0.2) is 0 Å². The Bertz CT molecular complexity index is 503. The lowest BCUT2D eigenvalue weighted by molar-refractivity contribution is -0.130. The van der Waals surface area contributed by atoms with Gasteiger partial charge in [-0.2, -0.15) is 0 Å². The molecule has 0 bridgehead atoms. The van der Waals surface area contributed by atoms with Gasteiger partial charge in [0, 0.05) is 19.5 Å². The zero-order chi connectivity index (χ0) is 15.5. The number of nitrogens with zero attached hydrogens (tertiary/aromatic N) is 1. The second kappa shape index (κ2) is 6.48. The Morgan fingerprint density at radius 2 is 2.19 bits per heavy atom. The molecule has 0 radical (unpaired) electrons. The molecule has 116 valence electrons. The number of likely N-dealkylation sites (tertiary alicyclic amines) is 1. The molecule has 21 heavy (non-hydrogen) atoms. The average molecular weight is 290 g/mol. The minimum atomic E-state index is 0.0866. The quantitative estimate of drug-likeness (QED) is 0.906. The molecule has 0 saturated carbocycles. The normalized spacial score (nSPS) is 23.1. The van der Waals surface area contributed by atoms with E-state index in [2.05, 4.69) is 13.8 Å². The smallest absolute Gasteiger partial charge is 0.223 e. The van der Waals surface area contributed by atoms with Crippen LogP contribution in [-0.2, 0) is 4.79 Å². The van der Waals surface area contributed by atoms with Crippen molar-refractivity contribution >= 4 is 5.91 Å². The van der Waals surface area contributed by atoms with Crippen molar-refractivity contribution in [2.75, 3.05) is 26.7 Å². The minimum Gasteiger partial charge on any atom is -0.496 e. The summed E-state index contributed by atoms with van der Waals surface area (Å²) in [7, 11) is 1.67. The Labute approximate surface area is 127 Å². The standard InChI is InChI=1S/C17H26N2O2/c1-13(14-6-4-5-7-15(14)21-3)10-16(20)19-9-8-17(2,11-18)12-19/h4-7,13H,8-12,18H2,1-3H3. The third-order valence-corrected chi connectivity index (χ3v) is 4.55. The molecule has 0 aliphatic carbocycles. The van der Waals surface area contributed by atoms with Gasteiger partial charge >= 0.3 is 0 Å². The van der Waals surface area contributed by atoms with Crippen LogP contribution in [0.1, 0.15) is 38.2 Å². The topological polar surface area (TPSA) is 55.6 Å². The number of methoxy groups -OCH3 is 1. The summed E-state index contributed by atoms with van der Waals surface area (Å²) < 4.78 is 5.38. The van der Waals surface area contributed by atoms with Crippen molar-refractivity contribution in [3.8, 4) is 5.75 Å². The second-order valence-electron chi connectivity index (χ2n) is 6.43. The predicted octanol–water partition coefficient (Wildman–Crippen LogP) is 2.39. The number of ether oxygens (including phenoxy) is 1. The van der Waals surface area contributed by atoms with Crippen LogP contribution in [0.25, 0.3) is 0 Å². The first kappa shape index (κ1) is 15.8. The predicted molar refractivity (Wildman–Crippen MR) is 84.4 cm³/mol. The molecule has 1 fully saturated rings. The summed E-state index contributed by atoms with van der Waals surface area (Å²) in [6.45, 7) is 6.48. The fourth-order valence-corrected chi connectivity index (χ4v) is 2.98. The van der Waals surface area contributed by atoms with Gasteiger partial charge < -0.3 is 15.4 Å². The maximum absolute atomic E-state index is 12.5. The van der Waals surface area contributed by atoms with E-state index in [4.69, 9.17) is 10.5 Å². The number of rotatable bonds is 5. The maximum atomic E-state index is 12.5. The lowest BCUT2D eigenvalue weighted by atomic mass is 9.90. The number of nitrogens with two attached hydrogens (primary N) is 1. The van der Waals surface area contributed by atoms with E-state index in [9.17, 15) is 4.79 Å². The molecule has 2 N–H and O–H groups in total. The van der Waals surface area contributed by atoms with Crippen LogP contribution in [0, 0.1) is 5.41 Å². The van der Waals surface area contributed by atoms with E-state index in [-0.39, 0.29) is 17.2 Å². The van der Waals surface area contributed by atoms with Crippen molar-refractivity contribution < 1.29 is 9.53 Å². The molecule has 4 heteroatoms. The van der Waals surface area contributed by atoms with Crippen LogP contribution in [0.5, 0.6) is 5.75 Å². The monoisotopic (exact) mass is 290 g/mol. The first-order valence-corrected chi connectivity index (χ1v) is 7.60. The van der Waals surface area contributed by atoms with Crippen LogP contribution in [0.2, 0.25) is 0 Å². The van der Waals surface area contributed by atoms with Crippen LogP contribution < -0.4 is 10.5 Å². The summed E-state index contributed by atoms with van der Waals surface area (Å²) in [6, 6.07) is 7.91. The van der Waals surface area contributed by atoms with Crippen molar-refractivity contribution in [1.29, 1.82) is 0 Å². The Balaban J connectivity index is 2.00. The van der Waals surface area contributed by atoms with Gasteiger partial charge in [0.25, 0.3) is 0 Å². The van der Waals surface area contributed by atoms with Crippen LogP contribution in [-0.4, -0.2) is 37.6 Å². The van der Waals surface area contributed by atoms with Crippen molar-refractivity contribution in [3.05, 3.63) is 29.8 Å². The van der Waals surface area contributed by atoms with Crippen molar-refractivity contribution in [3.63, 3.8) is 0 Å². The van der Waals surface area contributed by atoms with Crippen molar-refractivity contribution in [2.24, 2.45) is 11.1 Å². The summed E-state index contributed by atoms with van der Waals surface area (Å²) in [6.07, 6.45) is 1.51. The minimum absolute atomic E-state index is 0.0866. The molecule has 0 aromatic heterocycles. The van der Waals surface area contributed by atoms with E-state index in [0.29, 0.717) is 13.0 Å². The molecule has 2 rings (SSSR count). The molecule has 1 amide bonds. The highest BCUT2D eigenvalue weighted by Crippen LogP contribution is 2.32. The SMILES string of the molecule is COc1ccccc1C(C)CC(=O)N1CCC(C)(CN)C1. The van der Waals surface area contributed by atoms with Crippen LogP contribution in [0.15, 0.2) is 24.3 Å². The number of hydrogen-bond acceptors (Lipinski definition) is 3. The molecule has 1 saturated heterocycles. The molecule has 4 nitrogen and oxygen atoms in total. The summed E-state index contributed by atoms with van der Waals surface area (Å²) in [4.78, 5) is 14.4. The molecule has 1 aliphatic heterocycles. The average Bonchev–Trinajstić information content (AvgIpc) is 2.90. The van der Waals surface area contributed by atoms with Crippen LogP contribution in [0.3, 0.4) is 0 Å². The van der Waals surface area contributed by atoms with E-state index in [1.165, 1.54) is 0 Å². The van der Waals surface area contributed by atoms with E-state index in [1.54, 1.807) is 7.11 Å². The Kier molecular flexibility index (Phi) is 4.88. The van der Waals surface area contributed by atoms with Gasteiger partial charge in [-0.3, -0.25) is 4.79 Å². The lowest BCUT2D eigenvalue weighted by Gasteiger charge is -2.24. The van der Waals surface area contributed by atoms with Gasteiger partial charge in [0.2, 0.25) is 5.91 Å². The highest BCUT2D eigenvalue weighted by molar-refractivity contribution is 5.77. The van der Waals surface area contributed by atoms with Gasteiger partial charge in [-0.05, 0) is 35.9 Å². The number of benzene rings is 1. The number of hydrogen-bond donors (Lipinski definition) is 1. The number of para-hydroxylation sites is 1. The van der Waals surface area contributed by atoms with Gasteiger partial charge in [0.1, 0.15) is 5.75 Å². The number of amides is 1. The zero-order valence-electron chi connectivity index (χ0n) is 13.3. The maximum Gasteiger partial charge on any atom is 0.223 e. The fraction of sp³-hybridized carbons (Fsp3) is 0.588. The van der Waals surface area contributed by atoms with E-state index >= 15 is 0 Å². The largest absolute Gasteiger partial charge is 0.496 e. The van der Waals surface area contributed by atoms with E-state index in [1.807, 2.05) is 29.2 Å². The first-order chi connectivity index (χ1) is 9.99. The highest BCUT2D eigenvalue weighted by Gasteiger charge is 2.35. The van der Waals surface area contributed by atoms with Crippen LogP contribution in [0.4, 0.5) is 0 Å². The molecule has 2 atom stereocenters. The fourth-order valence-electron chi connectivity index (χ4n) is 2.98. The molecule has 2 unspecified atom stereocenters. The number of carbonyl (C=O) groups is 1. The molecular weight excluding hydrogens is 264 g/mol. The Hall–Kier alpha value is -1.55. The summed E-state index contributed by atoms with van der Waals surface area (Å²) in [5.41, 5.74) is 6.98. The van der Waals surface area contributed by atoms with Gasteiger partial charge in [-0.25, -0.2) is 0 Å². The van der Waals surface area contributed by atoms with Gasteiger partial charge in [-0.15, -0.1) is 0 Å². The summed E-state index contributed by atoms with van der Waals surface area (Å²) >= 11 is 0. The Morgan fingerprint density at radius 1 is 1.48 bits per heavy atom. The lowest BCUT2D eigenvalue weighted by Crippen LogP contribution is -2.34. The third-order valence-electron chi connectivity index (χ3n) is 4.55. The number of carbonyl (C=O) groups excluding carboxylic acids is 1. The third kappa shape index (κ3) is 3.56. The van der Waals surface area contributed by atoms with E-state index < -0.39 is 0 Å². The Morgan fingerprint density at radius 3 is 2.81 bits per heavy atom. The summed E-state index contributed by atoms with van der Waals surface area (Å²) in [5.74, 6) is 1.22. The van der Waals surface area contributed by atoms with E-state index in [0.717, 1.165) is 30.8 Å². The van der Waals surface area contributed by atoms with Crippen molar-refractivity contribution in [2.45, 2.75) is 32.6 Å². The molecule has 1 aromatic rings. The first-order valence-electron chi connectivity index (χ1n) is 7.60. The van der Waals surface area contributed by atoms with Crippen LogP contribution >= 0.6 is 0 Å². The molecular formula is C17H26N2O2. The van der Waals surface area contributed by atoms with Gasteiger partial charge in [-0.1, -0.05) is 32.0 Å². The molecule has 1 aliphatic rings. The van der Waals surface area contributed by atoms with Crippen molar-refractivity contribution in [1.82, 2.24) is 4.90 Å². The second-order valence-corrected chi connectivity index (χ2v) is 6.43. The molecule has 0 spiro atoms. The highest BCUT2D eigenvalue weighted by atomic mass is 16.5. The summed E-state index contributed by atoms with van der Waals surface area (Å²) in [5, 5.41) is 0. The molecule has 1 heterocycles.